The van der Waals surface area contributed by atoms with Gasteiger partial charge < -0.3 is 18.7 Å². The molecule has 7 heteroatoms. The largest absolute Gasteiger partial charge is 0.327 e. The van der Waals surface area contributed by atoms with Crippen molar-refractivity contribution >= 4 is 7.60 Å². The van der Waals surface area contributed by atoms with Crippen molar-refractivity contribution in [1.82, 2.24) is 5.23 Å². The third kappa shape index (κ3) is 14.8. The first-order chi connectivity index (χ1) is 7.93. The Morgan fingerprint density at radius 3 is 1.53 bits per heavy atom. The fraction of sp³-hybridized carbons (Fsp3) is 0.600. The molecule has 0 spiro atoms. The summed E-state index contributed by atoms with van der Waals surface area (Å²) in [5, 5.41) is 1.08. The van der Waals surface area contributed by atoms with E-state index < -0.39 is 7.60 Å². The van der Waals surface area contributed by atoms with Crippen LogP contribution in [-0.2, 0) is 23.3 Å². The predicted molar refractivity (Wildman–Crippen MR) is 64.4 cm³/mol. The van der Waals surface area contributed by atoms with Gasteiger partial charge in [0.25, 0.3) is 0 Å². The first kappa shape index (κ1) is 18.2. The summed E-state index contributed by atoms with van der Waals surface area (Å²) in [7, 11) is 1.61. The van der Waals surface area contributed by atoms with Crippen LogP contribution < -0.4 is 0 Å². The van der Waals surface area contributed by atoms with Gasteiger partial charge in [-0.05, 0) is 0 Å². The summed E-state index contributed by atoms with van der Waals surface area (Å²) in [5.74, 6) is 5.07. The molecule has 0 unspecified atom stereocenters. The van der Waals surface area contributed by atoms with Crippen LogP contribution in [0.3, 0.4) is 0 Å². The molecular formula is C10H18NO5P. The van der Waals surface area contributed by atoms with Crippen LogP contribution >= 0.6 is 7.60 Å². The molecule has 0 radical (unpaired) electrons. The van der Waals surface area contributed by atoms with Gasteiger partial charge in [-0.1, -0.05) is 11.8 Å². The Balaban J connectivity index is 0. The molecular weight excluding hydrogens is 245 g/mol. The Bertz CT molecular complexity index is 319. The Morgan fingerprint density at radius 1 is 1.00 bits per heavy atom. The van der Waals surface area contributed by atoms with E-state index in [0.717, 1.165) is 5.23 Å². The summed E-state index contributed by atoms with van der Waals surface area (Å²) >= 11 is 0. The second kappa shape index (κ2) is 11.3. The van der Waals surface area contributed by atoms with Crippen LogP contribution in [0.5, 0.6) is 0 Å². The molecule has 0 aromatic carbocycles. The van der Waals surface area contributed by atoms with Crippen LogP contribution in [0.4, 0.5) is 0 Å². The molecule has 98 valence electrons. The normalized spacial score (nSPS) is 8.88. The lowest BCUT2D eigenvalue weighted by Crippen LogP contribution is -2.13. The number of hydrogen-bond acceptors (Lipinski definition) is 6. The zero-order chi connectivity index (χ0) is 13.7. The maximum absolute atomic E-state index is 10.5. The maximum Gasteiger partial charge on any atom is 0.327 e. The summed E-state index contributed by atoms with van der Waals surface area (Å²) in [6.07, 6.45) is 4.68. The van der Waals surface area contributed by atoms with Crippen LogP contribution in [0, 0.1) is 24.1 Å². The number of hydrogen-bond donors (Lipinski definition) is 0. The third-order valence-corrected chi connectivity index (χ3v) is 2.54. The molecule has 0 fully saturated rings. The van der Waals surface area contributed by atoms with E-state index in [9.17, 15) is 4.57 Å². The molecule has 0 rings (SSSR count). The topological polar surface area (TPSA) is 57.2 Å². The highest BCUT2D eigenvalue weighted by atomic mass is 31.2. The van der Waals surface area contributed by atoms with E-state index in [1.54, 1.807) is 20.9 Å². The van der Waals surface area contributed by atoms with Gasteiger partial charge in [-0.3, -0.25) is 4.57 Å². The highest BCUT2D eigenvalue weighted by molar-refractivity contribution is 7.52. The minimum atomic E-state index is -2.65. The quantitative estimate of drug-likeness (QED) is 0.438. The van der Waals surface area contributed by atoms with Crippen molar-refractivity contribution in [1.29, 1.82) is 0 Å². The minimum absolute atomic E-state index is 1.08. The Kier molecular flexibility index (Phi) is 12.1. The van der Waals surface area contributed by atoms with Gasteiger partial charge in [0.05, 0.1) is 7.05 Å². The molecule has 0 heterocycles. The van der Waals surface area contributed by atoms with Gasteiger partial charge in [0, 0.05) is 40.0 Å². The lowest BCUT2D eigenvalue weighted by atomic mass is 10.8. The predicted octanol–water partition coefficient (Wildman–Crippen LogP) is 1.85. The molecule has 0 N–H and O–H groups in total. The fourth-order valence-corrected chi connectivity index (χ4v) is 0.462. The molecule has 17 heavy (non-hydrogen) atoms. The summed E-state index contributed by atoms with van der Waals surface area (Å²) < 4.78 is 19.3. The van der Waals surface area contributed by atoms with Gasteiger partial charge in [-0.2, -0.15) is 0 Å². The SMILES string of the molecule is CC#CON(C)OC#CC.COP(C)(=O)OC. The molecule has 0 aliphatic rings. The van der Waals surface area contributed by atoms with Crippen molar-refractivity contribution in [3.63, 3.8) is 0 Å². The Hall–Kier alpha value is -1.17. The number of rotatable bonds is 4. The van der Waals surface area contributed by atoms with Crippen LogP contribution in [0.2, 0.25) is 0 Å². The molecule has 0 aromatic heterocycles. The van der Waals surface area contributed by atoms with Crippen molar-refractivity contribution < 1.29 is 23.3 Å². The van der Waals surface area contributed by atoms with E-state index in [1.807, 2.05) is 0 Å². The lowest BCUT2D eigenvalue weighted by Gasteiger charge is -2.05. The van der Waals surface area contributed by atoms with Gasteiger partial charge >= 0.3 is 7.60 Å². The molecule has 0 saturated heterocycles. The second-order valence-electron chi connectivity index (χ2n) is 2.46. The van der Waals surface area contributed by atoms with Gasteiger partial charge in [0.15, 0.2) is 0 Å². The third-order valence-electron chi connectivity index (χ3n) is 1.22. The fourth-order valence-electron chi connectivity index (χ4n) is 0.313. The van der Waals surface area contributed by atoms with Gasteiger partial charge in [0.2, 0.25) is 0 Å². The zero-order valence-corrected chi connectivity index (χ0v) is 11.8. The average molecular weight is 263 g/mol. The Morgan fingerprint density at radius 2 is 1.35 bits per heavy atom. The molecule has 0 aromatic rings. The van der Waals surface area contributed by atoms with E-state index in [2.05, 4.69) is 42.8 Å². The van der Waals surface area contributed by atoms with Gasteiger partial charge in [-0.25, -0.2) is 0 Å². The summed E-state index contributed by atoms with van der Waals surface area (Å²) in [4.78, 5) is 9.28. The van der Waals surface area contributed by atoms with Gasteiger partial charge in [0.1, 0.15) is 12.2 Å². The highest BCUT2D eigenvalue weighted by Crippen LogP contribution is 2.40. The molecule has 0 aliphatic carbocycles. The lowest BCUT2D eigenvalue weighted by molar-refractivity contribution is -0.278. The van der Waals surface area contributed by atoms with Crippen molar-refractivity contribution in [2.45, 2.75) is 13.8 Å². The standard InChI is InChI=1S/C7H9NO2.C3H9O3P/c1-4-6-9-8(3)10-7-5-2;1-5-7(3,4)6-2/h1-3H3;1-3H3. The second-order valence-corrected chi connectivity index (χ2v) is 4.74. The van der Waals surface area contributed by atoms with Crippen LogP contribution in [0.15, 0.2) is 0 Å². The smallest absolute Gasteiger partial charge is 0.317 e. The van der Waals surface area contributed by atoms with E-state index in [-0.39, 0.29) is 0 Å². The van der Waals surface area contributed by atoms with E-state index >= 15 is 0 Å². The summed E-state index contributed by atoms with van der Waals surface area (Å²) in [5.41, 5.74) is 0. The molecule has 0 aliphatic heterocycles. The molecule has 6 nitrogen and oxygen atoms in total. The zero-order valence-electron chi connectivity index (χ0n) is 10.9. The van der Waals surface area contributed by atoms with Crippen LogP contribution in [0.1, 0.15) is 13.8 Å². The first-order valence-corrected chi connectivity index (χ1v) is 6.52. The maximum atomic E-state index is 10.5. The summed E-state index contributed by atoms with van der Waals surface area (Å²) in [6, 6.07) is 0. The van der Waals surface area contributed by atoms with E-state index in [4.69, 9.17) is 0 Å². The number of hydroxylamine groups is 2. The molecule has 0 saturated carbocycles. The van der Waals surface area contributed by atoms with Crippen LogP contribution in [-0.4, -0.2) is 33.2 Å². The molecule has 0 atom stereocenters. The Labute approximate surface area is 103 Å². The number of nitrogens with zero attached hydrogens (tertiary/aromatic N) is 1. The minimum Gasteiger partial charge on any atom is -0.317 e. The van der Waals surface area contributed by atoms with Crippen molar-refractivity contribution in [2.75, 3.05) is 27.9 Å². The molecule has 0 bridgehead atoms. The van der Waals surface area contributed by atoms with Crippen molar-refractivity contribution in [2.24, 2.45) is 0 Å². The molecule has 0 amide bonds. The first-order valence-electron chi connectivity index (χ1n) is 4.53. The van der Waals surface area contributed by atoms with E-state index in [0.29, 0.717) is 0 Å². The van der Waals surface area contributed by atoms with Crippen molar-refractivity contribution in [3.8, 4) is 24.1 Å². The average Bonchev–Trinajstić information content (AvgIpc) is 2.34. The monoisotopic (exact) mass is 263 g/mol. The van der Waals surface area contributed by atoms with Gasteiger partial charge in [-0.15, -0.1) is 0 Å². The summed E-state index contributed by atoms with van der Waals surface area (Å²) in [6.45, 7) is 4.74. The van der Waals surface area contributed by atoms with Crippen LogP contribution in [0.25, 0.3) is 0 Å². The highest BCUT2D eigenvalue weighted by Gasteiger charge is 2.08. The van der Waals surface area contributed by atoms with E-state index in [1.165, 1.54) is 20.9 Å². The van der Waals surface area contributed by atoms with Crippen molar-refractivity contribution in [3.05, 3.63) is 0 Å².